The molecule has 0 aliphatic carbocycles. The number of carboxylic acids is 1. The molecule has 1 aromatic rings. The van der Waals surface area contributed by atoms with Crippen molar-refractivity contribution in [3.63, 3.8) is 0 Å². The molecule has 0 radical (unpaired) electrons. The number of hydrogen-bond acceptors (Lipinski definition) is 3. The van der Waals surface area contributed by atoms with E-state index in [4.69, 9.17) is 15.6 Å². The summed E-state index contributed by atoms with van der Waals surface area (Å²) in [6.07, 6.45) is 0. The van der Waals surface area contributed by atoms with Crippen LogP contribution in [0.25, 0.3) is 0 Å². The summed E-state index contributed by atoms with van der Waals surface area (Å²) in [6.45, 7) is 0. The van der Waals surface area contributed by atoms with E-state index in [0.29, 0.717) is 11.4 Å². The van der Waals surface area contributed by atoms with Crippen molar-refractivity contribution >= 4 is 24.1 Å². The highest BCUT2D eigenvalue weighted by atomic mass is 35.5. The van der Waals surface area contributed by atoms with Gasteiger partial charge in [0.05, 0.1) is 12.7 Å². The Hall–Kier alpha value is -1.42. The molecule has 72 valence electrons. The molecule has 0 amide bonds. The molecule has 0 heterocycles. The van der Waals surface area contributed by atoms with E-state index in [1.165, 1.54) is 19.2 Å². The molecule has 3 N–H and O–H groups in total. The lowest BCUT2D eigenvalue weighted by Crippen LogP contribution is -1.98. The van der Waals surface area contributed by atoms with E-state index in [1.54, 1.807) is 6.07 Å². The van der Waals surface area contributed by atoms with Crippen LogP contribution in [0.5, 0.6) is 5.75 Å². The zero-order valence-electron chi connectivity index (χ0n) is 6.98. The van der Waals surface area contributed by atoms with E-state index < -0.39 is 5.97 Å². The van der Waals surface area contributed by atoms with Crippen LogP contribution >= 0.6 is 12.4 Å². The molecule has 1 aromatic carbocycles. The second kappa shape index (κ2) is 4.57. The highest BCUT2D eigenvalue weighted by molar-refractivity contribution is 5.89. The maximum absolute atomic E-state index is 10.5. The highest BCUT2D eigenvalue weighted by Crippen LogP contribution is 2.18. The molecule has 5 heteroatoms. The number of carboxylic acid groups (broad SMARTS) is 1. The van der Waals surface area contributed by atoms with Crippen molar-refractivity contribution in [2.75, 3.05) is 12.8 Å². The van der Waals surface area contributed by atoms with Crippen molar-refractivity contribution in [1.29, 1.82) is 0 Å². The van der Waals surface area contributed by atoms with E-state index in [-0.39, 0.29) is 18.0 Å². The van der Waals surface area contributed by atoms with Gasteiger partial charge in [-0.2, -0.15) is 0 Å². The number of anilines is 1. The average molecular weight is 204 g/mol. The number of rotatable bonds is 2. The van der Waals surface area contributed by atoms with Crippen LogP contribution < -0.4 is 10.5 Å². The Morgan fingerprint density at radius 3 is 2.54 bits per heavy atom. The van der Waals surface area contributed by atoms with Gasteiger partial charge in [-0.05, 0) is 12.1 Å². The lowest BCUT2D eigenvalue weighted by molar-refractivity contribution is 0.0696. The maximum atomic E-state index is 10.5. The summed E-state index contributed by atoms with van der Waals surface area (Å²) in [7, 11) is 1.46. The van der Waals surface area contributed by atoms with Gasteiger partial charge < -0.3 is 15.6 Å². The van der Waals surface area contributed by atoms with Crippen molar-refractivity contribution in [3.8, 4) is 5.75 Å². The molecule has 0 atom stereocenters. The molecular formula is C8H10ClNO3. The molecule has 0 aliphatic rings. The van der Waals surface area contributed by atoms with Gasteiger partial charge >= 0.3 is 5.97 Å². The number of carbonyl (C=O) groups is 1. The summed E-state index contributed by atoms with van der Waals surface area (Å²) in [5.74, 6) is -0.562. The van der Waals surface area contributed by atoms with Crippen LogP contribution in [-0.4, -0.2) is 18.2 Å². The molecule has 0 aromatic heterocycles. The van der Waals surface area contributed by atoms with Crippen molar-refractivity contribution in [2.24, 2.45) is 0 Å². The Kier molecular flexibility index (Phi) is 4.07. The first-order valence-electron chi connectivity index (χ1n) is 3.31. The minimum Gasteiger partial charge on any atom is -0.497 e. The van der Waals surface area contributed by atoms with E-state index in [2.05, 4.69) is 0 Å². The lowest BCUT2D eigenvalue weighted by Gasteiger charge is -2.02. The van der Waals surface area contributed by atoms with Crippen LogP contribution in [0.3, 0.4) is 0 Å². The summed E-state index contributed by atoms with van der Waals surface area (Å²) >= 11 is 0. The minimum atomic E-state index is -1.01. The van der Waals surface area contributed by atoms with Gasteiger partial charge in [0, 0.05) is 11.8 Å². The van der Waals surface area contributed by atoms with Gasteiger partial charge in [-0.3, -0.25) is 0 Å². The largest absolute Gasteiger partial charge is 0.497 e. The monoisotopic (exact) mass is 203 g/mol. The number of hydrogen-bond donors (Lipinski definition) is 2. The molecule has 0 unspecified atom stereocenters. The number of ether oxygens (including phenoxy) is 1. The summed E-state index contributed by atoms with van der Waals surface area (Å²) in [5.41, 5.74) is 5.94. The normalized spacial score (nSPS) is 8.69. The van der Waals surface area contributed by atoms with Gasteiger partial charge in [0.15, 0.2) is 0 Å². The summed E-state index contributed by atoms with van der Waals surface area (Å²) < 4.78 is 4.84. The van der Waals surface area contributed by atoms with Gasteiger partial charge in [0.25, 0.3) is 0 Å². The second-order valence-electron chi connectivity index (χ2n) is 2.30. The first kappa shape index (κ1) is 11.6. The third kappa shape index (κ3) is 2.83. The molecule has 0 fully saturated rings. The van der Waals surface area contributed by atoms with Gasteiger partial charge in [-0.15, -0.1) is 12.4 Å². The number of aromatic carboxylic acids is 1. The molecule has 0 spiro atoms. The lowest BCUT2D eigenvalue weighted by atomic mass is 10.2. The first-order chi connectivity index (χ1) is 5.63. The SMILES string of the molecule is COc1cc(N)cc(C(=O)O)c1.Cl. The molecule has 1 rings (SSSR count). The van der Waals surface area contributed by atoms with Gasteiger partial charge in [-0.25, -0.2) is 4.79 Å². The van der Waals surface area contributed by atoms with E-state index in [0.717, 1.165) is 0 Å². The number of benzene rings is 1. The van der Waals surface area contributed by atoms with Crippen molar-refractivity contribution in [2.45, 2.75) is 0 Å². The Morgan fingerprint density at radius 1 is 1.46 bits per heavy atom. The van der Waals surface area contributed by atoms with Crippen molar-refractivity contribution in [3.05, 3.63) is 23.8 Å². The van der Waals surface area contributed by atoms with Gasteiger partial charge in [0.2, 0.25) is 0 Å². The Balaban J connectivity index is 0.00000144. The van der Waals surface area contributed by atoms with Gasteiger partial charge in [0.1, 0.15) is 5.75 Å². The molecule has 13 heavy (non-hydrogen) atoms. The maximum Gasteiger partial charge on any atom is 0.335 e. The standard InChI is InChI=1S/C8H9NO3.ClH/c1-12-7-3-5(8(10)11)2-6(9)4-7;/h2-4H,9H2,1H3,(H,10,11);1H. The third-order valence-corrected chi connectivity index (χ3v) is 1.41. The highest BCUT2D eigenvalue weighted by Gasteiger charge is 2.05. The molecule has 0 saturated heterocycles. The zero-order valence-corrected chi connectivity index (χ0v) is 7.80. The van der Waals surface area contributed by atoms with Crippen LogP contribution in [-0.2, 0) is 0 Å². The van der Waals surface area contributed by atoms with Crippen LogP contribution in [0.2, 0.25) is 0 Å². The van der Waals surface area contributed by atoms with Crippen LogP contribution in [0.15, 0.2) is 18.2 Å². The summed E-state index contributed by atoms with van der Waals surface area (Å²) in [6, 6.07) is 4.36. The average Bonchev–Trinajstić information content (AvgIpc) is 2.03. The van der Waals surface area contributed by atoms with Crippen LogP contribution in [0, 0.1) is 0 Å². The fourth-order valence-electron chi connectivity index (χ4n) is 0.863. The predicted molar refractivity (Wildman–Crippen MR) is 51.6 cm³/mol. The summed E-state index contributed by atoms with van der Waals surface area (Å²) in [5, 5.41) is 8.62. The molecular weight excluding hydrogens is 194 g/mol. The van der Waals surface area contributed by atoms with Crippen molar-refractivity contribution < 1.29 is 14.6 Å². The van der Waals surface area contributed by atoms with E-state index in [9.17, 15) is 4.79 Å². The van der Waals surface area contributed by atoms with Crippen molar-refractivity contribution in [1.82, 2.24) is 0 Å². The fourth-order valence-corrected chi connectivity index (χ4v) is 0.863. The second-order valence-corrected chi connectivity index (χ2v) is 2.30. The number of halogens is 1. The van der Waals surface area contributed by atoms with Gasteiger partial charge in [-0.1, -0.05) is 0 Å². The molecule has 0 bridgehead atoms. The smallest absolute Gasteiger partial charge is 0.335 e. The molecule has 0 saturated carbocycles. The Bertz CT molecular complexity index is 314. The molecule has 4 nitrogen and oxygen atoms in total. The van der Waals surface area contributed by atoms with E-state index in [1.807, 2.05) is 0 Å². The van der Waals surface area contributed by atoms with Crippen LogP contribution in [0.1, 0.15) is 10.4 Å². The number of nitrogens with two attached hydrogens (primary N) is 1. The summed E-state index contributed by atoms with van der Waals surface area (Å²) in [4.78, 5) is 10.5. The minimum absolute atomic E-state index is 0. The topological polar surface area (TPSA) is 72.5 Å². The quantitative estimate of drug-likeness (QED) is 0.713. The predicted octanol–water partition coefficient (Wildman–Crippen LogP) is 1.40. The van der Waals surface area contributed by atoms with E-state index >= 15 is 0 Å². The fraction of sp³-hybridized carbons (Fsp3) is 0.125. The van der Waals surface area contributed by atoms with Crippen LogP contribution in [0.4, 0.5) is 5.69 Å². The number of methoxy groups -OCH3 is 1. The zero-order chi connectivity index (χ0) is 9.14. The Morgan fingerprint density at radius 2 is 2.08 bits per heavy atom. The number of nitrogen functional groups attached to an aromatic ring is 1. The molecule has 0 aliphatic heterocycles. The Labute approximate surface area is 81.7 Å². The first-order valence-corrected chi connectivity index (χ1v) is 3.31. The third-order valence-electron chi connectivity index (χ3n) is 1.41.